The van der Waals surface area contributed by atoms with Crippen molar-refractivity contribution >= 4 is 5.57 Å². The van der Waals surface area contributed by atoms with E-state index in [2.05, 4.69) is 62.3 Å². The smallest absolute Gasteiger partial charge is 0.101 e. The van der Waals surface area contributed by atoms with Crippen LogP contribution in [0.5, 0.6) is 0 Å². The van der Waals surface area contributed by atoms with Gasteiger partial charge in [-0.1, -0.05) is 45.4 Å². The molecule has 1 heterocycles. The molecule has 0 aliphatic rings. The van der Waals surface area contributed by atoms with Gasteiger partial charge in [-0.3, -0.25) is 0 Å². The van der Waals surface area contributed by atoms with Gasteiger partial charge in [-0.25, -0.2) is 0 Å². The summed E-state index contributed by atoms with van der Waals surface area (Å²) in [7, 11) is 0. The second-order valence-corrected chi connectivity index (χ2v) is 5.74. The molecule has 0 spiro atoms. The summed E-state index contributed by atoms with van der Waals surface area (Å²) in [6.45, 7) is 10.5. The van der Waals surface area contributed by atoms with Crippen molar-refractivity contribution in [2.75, 3.05) is 0 Å². The fraction of sp³-hybridized carbons (Fsp3) is 0.350. The van der Waals surface area contributed by atoms with Crippen LogP contribution in [0.15, 0.2) is 37.0 Å². The Kier molecular flexibility index (Phi) is 5.22. The minimum Gasteiger partial charge on any atom is -0.320 e. The first-order valence-corrected chi connectivity index (χ1v) is 8.01. The van der Waals surface area contributed by atoms with Gasteiger partial charge < -0.3 is 4.57 Å². The van der Waals surface area contributed by atoms with Crippen LogP contribution < -0.4 is 0 Å². The molecule has 0 unspecified atom stereocenters. The SMILES string of the molecule is C=C(CCC)c1ccc(-n2cc(C#N)c(CCC)c2C)cc1. The van der Waals surface area contributed by atoms with E-state index < -0.39 is 0 Å². The number of nitrogens with zero attached hydrogens (tertiary/aromatic N) is 2. The normalized spacial score (nSPS) is 10.5. The van der Waals surface area contributed by atoms with Crippen molar-refractivity contribution in [2.24, 2.45) is 0 Å². The number of rotatable bonds is 6. The summed E-state index contributed by atoms with van der Waals surface area (Å²) in [6.07, 6.45) is 6.10. The molecule has 1 aromatic carbocycles. The Morgan fingerprint density at radius 1 is 1.18 bits per heavy atom. The molecule has 114 valence electrons. The average molecular weight is 292 g/mol. The lowest BCUT2D eigenvalue weighted by Gasteiger charge is -2.10. The highest BCUT2D eigenvalue weighted by atomic mass is 15.0. The van der Waals surface area contributed by atoms with Crippen LogP contribution in [0, 0.1) is 18.3 Å². The van der Waals surface area contributed by atoms with E-state index in [9.17, 15) is 5.26 Å². The quantitative estimate of drug-likeness (QED) is 0.698. The Morgan fingerprint density at radius 3 is 2.41 bits per heavy atom. The fourth-order valence-electron chi connectivity index (χ4n) is 2.88. The molecule has 22 heavy (non-hydrogen) atoms. The van der Waals surface area contributed by atoms with Gasteiger partial charge in [0.05, 0.1) is 5.56 Å². The lowest BCUT2D eigenvalue weighted by atomic mass is 10.0. The minimum absolute atomic E-state index is 0.791. The zero-order valence-electron chi connectivity index (χ0n) is 13.8. The molecule has 1 aromatic heterocycles. The Balaban J connectivity index is 2.37. The van der Waals surface area contributed by atoms with Gasteiger partial charge in [0.25, 0.3) is 0 Å². The summed E-state index contributed by atoms with van der Waals surface area (Å²) in [5, 5.41) is 9.33. The first-order chi connectivity index (χ1) is 10.6. The van der Waals surface area contributed by atoms with Crippen molar-refractivity contribution in [1.29, 1.82) is 5.26 Å². The number of hydrogen-bond acceptors (Lipinski definition) is 1. The van der Waals surface area contributed by atoms with E-state index in [1.807, 2.05) is 6.20 Å². The molecule has 0 atom stereocenters. The number of allylic oxidation sites excluding steroid dienone is 1. The molecule has 0 saturated heterocycles. The van der Waals surface area contributed by atoms with Crippen molar-refractivity contribution < 1.29 is 0 Å². The zero-order chi connectivity index (χ0) is 16.1. The van der Waals surface area contributed by atoms with Crippen molar-refractivity contribution in [3.05, 3.63) is 59.4 Å². The van der Waals surface area contributed by atoms with Gasteiger partial charge in [0.15, 0.2) is 0 Å². The highest BCUT2D eigenvalue weighted by molar-refractivity contribution is 5.64. The third-order valence-corrected chi connectivity index (χ3v) is 4.11. The second-order valence-electron chi connectivity index (χ2n) is 5.74. The van der Waals surface area contributed by atoms with Crippen molar-refractivity contribution in [3.8, 4) is 11.8 Å². The van der Waals surface area contributed by atoms with Crippen LogP contribution in [0.1, 0.15) is 55.5 Å². The predicted octanol–water partition coefficient (Wildman–Crippen LogP) is 5.42. The summed E-state index contributed by atoms with van der Waals surface area (Å²) >= 11 is 0. The van der Waals surface area contributed by atoms with E-state index >= 15 is 0 Å². The molecule has 0 saturated carbocycles. The van der Waals surface area contributed by atoms with Crippen LogP contribution in [-0.4, -0.2) is 4.57 Å². The molecule has 0 aliphatic heterocycles. The molecule has 0 N–H and O–H groups in total. The lowest BCUT2D eigenvalue weighted by Crippen LogP contribution is -1.97. The summed E-state index contributed by atoms with van der Waals surface area (Å²) in [4.78, 5) is 0. The first kappa shape index (κ1) is 16.1. The van der Waals surface area contributed by atoms with Crippen molar-refractivity contribution in [2.45, 2.75) is 46.5 Å². The van der Waals surface area contributed by atoms with Gasteiger partial charge in [-0.2, -0.15) is 5.26 Å². The van der Waals surface area contributed by atoms with Crippen LogP contribution in [0.2, 0.25) is 0 Å². The number of hydrogen-bond donors (Lipinski definition) is 0. The maximum absolute atomic E-state index is 9.33. The number of aromatic nitrogens is 1. The summed E-state index contributed by atoms with van der Waals surface area (Å²) < 4.78 is 2.12. The van der Waals surface area contributed by atoms with Gasteiger partial charge in [-0.15, -0.1) is 0 Å². The standard InChI is InChI=1S/C20H24N2/c1-5-7-15(3)17-9-11-19(12-10-17)22-14-18(13-21)20(8-6-2)16(22)4/h9-12,14H,3,5-8H2,1-2,4H3. The van der Waals surface area contributed by atoms with Crippen LogP contribution in [0.25, 0.3) is 11.3 Å². The third-order valence-electron chi connectivity index (χ3n) is 4.11. The third kappa shape index (κ3) is 3.14. The Bertz CT molecular complexity index is 697. The van der Waals surface area contributed by atoms with E-state index in [1.165, 1.54) is 22.4 Å². The van der Waals surface area contributed by atoms with Crippen molar-refractivity contribution in [1.82, 2.24) is 4.57 Å². The second kappa shape index (κ2) is 7.13. The molecule has 2 rings (SSSR count). The topological polar surface area (TPSA) is 28.7 Å². The van der Waals surface area contributed by atoms with Gasteiger partial charge >= 0.3 is 0 Å². The molecule has 0 amide bonds. The zero-order valence-corrected chi connectivity index (χ0v) is 13.8. The van der Waals surface area contributed by atoms with E-state index in [4.69, 9.17) is 0 Å². The Hall–Kier alpha value is -2.27. The van der Waals surface area contributed by atoms with Crippen LogP contribution >= 0.6 is 0 Å². The Labute approximate surface area is 133 Å². The average Bonchev–Trinajstić information content (AvgIpc) is 2.85. The summed E-state index contributed by atoms with van der Waals surface area (Å²) in [5.41, 5.74) is 6.61. The highest BCUT2D eigenvalue weighted by Crippen LogP contribution is 2.24. The Morgan fingerprint density at radius 2 is 1.86 bits per heavy atom. The molecular weight excluding hydrogens is 268 g/mol. The number of nitriles is 1. The molecule has 0 fully saturated rings. The molecule has 0 aliphatic carbocycles. The maximum Gasteiger partial charge on any atom is 0.101 e. The summed E-state index contributed by atoms with van der Waals surface area (Å²) in [5.74, 6) is 0. The van der Waals surface area contributed by atoms with Gasteiger partial charge in [-0.05, 0) is 48.6 Å². The van der Waals surface area contributed by atoms with Crippen LogP contribution in [-0.2, 0) is 6.42 Å². The van der Waals surface area contributed by atoms with E-state index in [0.29, 0.717) is 0 Å². The molecule has 0 radical (unpaired) electrons. The predicted molar refractivity (Wildman–Crippen MR) is 93.2 cm³/mol. The molecule has 0 bridgehead atoms. The summed E-state index contributed by atoms with van der Waals surface area (Å²) in [6, 6.07) is 10.8. The largest absolute Gasteiger partial charge is 0.320 e. The van der Waals surface area contributed by atoms with Crippen molar-refractivity contribution in [3.63, 3.8) is 0 Å². The fourth-order valence-corrected chi connectivity index (χ4v) is 2.88. The number of benzene rings is 1. The van der Waals surface area contributed by atoms with Crippen LogP contribution in [0.3, 0.4) is 0 Å². The lowest BCUT2D eigenvalue weighted by molar-refractivity contribution is 0.896. The van der Waals surface area contributed by atoms with E-state index in [1.54, 1.807) is 0 Å². The monoisotopic (exact) mass is 292 g/mol. The van der Waals surface area contributed by atoms with Crippen LogP contribution in [0.4, 0.5) is 0 Å². The van der Waals surface area contributed by atoms with Gasteiger partial charge in [0, 0.05) is 17.6 Å². The van der Waals surface area contributed by atoms with E-state index in [-0.39, 0.29) is 0 Å². The molecular formula is C20H24N2. The first-order valence-electron chi connectivity index (χ1n) is 8.01. The maximum atomic E-state index is 9.33. The van der Waals surface area contributed by atoms with E-state index in [0.717, 1.165) is 36.9 Å². The van der Waals surface area contributed by atoms with Gasteiger partial charge in [0.1, 0.15) is 6.07 Å². The highest BCUT2D eigenvalue weighted by Gasteiger charge is 2.12. The molecule has 2 aromatic rings. The van der Waals surface area contributed by atoms with Gasteiger partial charge in [0.2, 0.25) is 0 Å². The molecule has 2 nitrogen and oxygen atoms in total. The minimum atomic E-state index is 0.791. The molecule has 2 heteroatoms.